The Morgan fingerprint density at radius 3 is 2.29 bits per heavy atom. The number of hydrogen-bond donors (Lipinski definition) is 1. The molecule has 0 aromatic heterocycles. The third kappa shape index (κ3) is 3.03. The fourth-order valence-corrected chi connectivity index (χ4v) is 2.09. The average molecular weight is 260 g/mol. The first-order valence-corrected chi connectivity index (χ1v) is 5.75. The van der Waals surface area contributed by atoms with Crippen molar-refractivity contribution < 1.29 is 14.3 Å². The van der Waals surface area contributed by atoms with Crippen LogP contribution in [0.4, 0.5) is 0 Å². The van der Waals surface area contributed by atoms with Gasteiger partial charge in [-0.05, 0) is 18.1 Å². The molecule has 0 aliphatic carbocycles. The number of ether oxygens (including phenoxy) is 2. The highest BCUT2D eigenvalue weighted by molar-refractivity contribution is 6.32. The van der Waals surface area contributed by atoms with E-state index in [1.54, 1.807) is 21.3 Å². The van der Waals surface area contributed by atoms with Gasteiger partial charge in [-0.15, -0.1) is 0 Å². The molecule has 0 saturated carbocycles. The van der Waals surface area contributed by atoms with Crippen LogP contribution in [-0.4, -0.2) is 21.3 Å². The molecule has 1 N–H and O–H groups in total. The summed E-state index contributed by atoms with van der Waals surface area (Å²) in [6.07, 6.45) is 0.831. The Labute approximate surface area is 107 Å². The molecule has 96 valence electrons. The lowest BCUT2D eigenvalue weighted by molar-refractivity contribution is 0.0864. The maximum absolute atomic E-state index is 6.15. The van der Waals surface area contributed by atoms with Crippen molar-refractivity contribution in [3.63, 3.8) is 0 Å². The van der Waals surface area contributed by atoms with Gasteiger partial charge in [0.05, 0.1) is 26.4 Å². The molecule has 1 aromatic rings. The van der Waals surface area contributed by atoms with Crippen LogP contribution in [0.2, 0.25) is 5.02 Å². The molecule has 5 heteroatoms. The second kappa shape index (κ2) is 6.69. The zero-order valence-corrected chi connectivity index (χ0v) is 11.4. The Kier molecular flexibility index (Phi) is 5.55. The first-order chi connectivity index (χ1) is 8.19. The Balaban J connectivity index is 3.26. The van der Waals surface area contributed by atoms with Crippen LogP contribution in [0.15, 0.2) is 6.07 Å². The van der Waals surface area contributed by atoms with E-state index in [4.69, 9.17) is 25.9 Å². The van der Waals surface area contributed by atoms with Crippen LogP contribution in [0.5, 0.6) is 11.5 Å². The smallest absolute Gasteiger partial charge is 0.179 e. The molecule has 0 amide bonds. The van der Waals surface area contributed by atoms with Gasteiger partial charge >= 0.3 is 0 Å². The van der Waals surface area contributed by atoms with Gasteiger partial charge in [-0.2, -0.15) is 5.48 Å². The number of methoxy groups -OCH3 is 2. The Morgan fingerprint density at radius 2 is 1.82 bits per heavy atom. The SMILES string of the molecule is CCc1c(CNOC)cc(Cl)c(OC)c1OC. The standard InChI is InChI=1S/C12H18ClNO3/c1-5-9-8(7-14-17-4)6-10(13)12(16-3)11(9)15-2/h6,14H,5,7H2,1-4H3. The van der Waals surface area contributed by atoms with Gasteiger partial charge < -0.3 is 14.3 Å². The quantitative estimate of drug-likeness (QED) is 0.797. The molecule has 0 aliphatic rings. The highest BCUT2D eigenvalue weighted by atomic mass is 35.5. The molecule has 4 nitrogen and oxygen atoms in total. The first-order valence-electron chi connectivity index (χ1n) is 5.37. The third-order valence-corrected chi connectivity index (χ3v) is 2.84. The van der Waals surface area contributed by atoms with Gasteiger partial charge in [0.1, 0.15) is 0 Å². The van der Waals surface area contributed by atoms with Crippen molar-refractivity contribution in [2.45, 2.75) is 19.9 Å². The third-order valence-electron chi connectivity index (χ3n) is 2.55. The van der Waals surface area contributed by atoms with Gasteiger partial charge in [-0.1, -0.05) is 18.5 Å². The van der Waals surface area contributed by atoms with Crippen LogP contribution < -0.4 is 15.0 Å². The predicted octanol–water partition coefficient (Wildman–Crippen LogP) is 2.57. The second-order valence-corrected chi connectivity index (χ2v) is 3.85. The molecule has 0 heterocycles. The van der Waals surface area contributed by atoms with Gasteiger partial charge in [-0.3, -0.25) is 0 Å². The summed E-state index contributed by atoms with van der Waals surface area (Å²) in [6, 6.07) is 1.87. The molecule has 0 atom stereocenters. The minimum absolute atomic E-state index is 0.537. The minimum atomic E-state index is 0.537. The van der Waals surface area contributed by atoms with E-state index in [9.17, 15) is 0 Å². The summed E-state index contributed by atoms with van der Waals surface area (Å²) in [4.78, 5) is 4.85. The molecular formula is C12H18ClNO3. The largest absolute Gasteiger partial charge is 0.493 e. The van der Waals surface area contributed by atoms with Crippen LogP contribution >= 0.6 is 11.6 Å². The molecule has 1 aromatic carbocycles. The number of rotatable bonds is 6. The van der Waals surface area contributed by atoms with Crippen molar-refractivity contribution in [3.05, 3.63) is 22.2 Å². The number of benzene rings is 1. The van der Waals surface area contributed by atoms with Crippen LogP contribution in [0.1, 0.15) is 18.1 Å². The van der Waals surface area contributed by atoms with Gasteiger partial charge in [0, 0.05) is 12.1 Å². The topological polar surface area (TPSA) is 39.7 Å². The molecule has 0 bridgehead atoms. The molecule has 0 saturated heterocycles. The van der Waals surface area contributed by atoms with Crippen LogP contribution in [-0.2, 0) is 17.8 Å². The van der Waals surface area contributed by atoms with Gasteiger partial charge in [0.2, 0.25) is 0 Å². The summed E-state index contributed by atoms with van der Waals surface area (Å²) in [5.74, 6) is 1.27. The van der Waals surface area contributed by atoms with E-state index in [0.29, 0.717) is 23.1 Å². The lowest BCUT2D eigenvalue weighted by atomic mass is 10.0. The molecule has 0 unspecified atom stereocenters. The lowest BCUT2D eigenvalue weighted by Crippen LogP contribution is -2.13. The van der Waals surface area contributed by atoms with Crippen molar-refractivity contribution in [2.75, 3.05) is 21.3 Å². The van der Waals surface area contributed by atoms with Gasteiger partial charge in [0.15, 0.2) is 11.5 Å². The highest BCUT2D eigenvalue weighted by Gasteiger charge is 2.17. The number of halogens is 1. The van der Waals surface area contributed by atoms with Crippen LogP contribution in [0, 0.1) is 0 Å². The Hall–Kier alpha value is -0.970. The average Bonchev–Trinajstić information content (AvgIpc) is 2.35. The Bertz CT molecular complexity index is 383. The van der Waals surface area contributed by atoms with Crippen molar-refractivity contribution >= 4 is 11.6 Å². The van der Waals surface area contributed by atoms with E-state index in [1.807, 2.05) is 6.07 Å². The van der Waals surface area contributed by atoms with E-state index >= 15 is 0 Å². The molecule has 0 fully saturated rings. The number of hydrogen-bond acceptors (Lipinski definition) is 4. The molecule has 17 heavy (non-hydrogen) atoms. The fourth-order valence-electron chi connectivity index (χ4n) is 1.80. The van der Waals surface area contributed by atoms with Crippen LogP contribution in [0.25, 0.3) is 0 Å². The molecule has 0 spiro atoms. The van der Waals surface area contributed by atoms with Gasteiger partial charge in [0.25, 0.3) is 0 Å². The summed E-state index contributed by atoms with van der Waals surface area (Å²) in [5, 5.41) is 0.537. The predicted molar refractivity (Wildman–Crippen MR) is 67.8 cm³/mol. The normalized spacial score (nSPS) is 10.4. The molecule has 0 aliphatic heterocycles. The van der Waals surface area contributed by atoms with Crippen molar-refractivity contribution in [3.8, 4) is 11.5 Å². The fraction of sp³-hybridized carbons (Fsp3) is 0.500. The summed E-state index contributed by atoms with van der Waals surface area (Å²) >= 11 is 6.15. The van der Waals surface area contributed by atoms with E-state index in [0.717, 1.165) is 17.5 Å². The number of hydroxylamine groups is 1. The summed E-state index contributed by atoms with van der Waals surface area (Å²) in [5.41, 5.74) is 4.91. The first kappa shape index (κ1) is 14.1. The summed E-state index contributed by atoms with van der Waals surface area (Å²) < 4.78 is 10.6. The lowest BCUT2D eigenvalue weighted by Gasteiger charge is -2.17. The van der Waals surface area contributed by atoms with E-state index in [-0.39, 0.29) is 0 Å². The zero-order valence-electron chi connectivity index (χ0n) is 10.6. The molecule has 0 radical (unpaired) electrons. The van der Waals surface area contributed by atoms with Crippen LogP contribution in [0.3, 0.4) is 0 Å². The van der Waals surface area contributed by atoms with E-state index in [1.165, 1.54) is 0 Å². The minimum Gasteiger partial charge on any atom is -0.493 e. The van der Waals surface area contributed by atoms with Gasteiger partial charge in [-0.25, -0.2) is 0 Å². The Morgan fingerprint density at radius 1 is 1.18 bits per heavy atom. The van der Waals surface area contributed by atoms with E-state index in [2.05, 4.69) is 12.4 Å². The highest BCUT2D eigenvalue weighted by Crippen LogP contribution is 2.40. The number of nitrogens with one attached hydrogen (secondary N) is 1. The second-order valence-electron chi connectivity index (χ2n) is 3.44. The van der Waals surface area contributed by atoms with Crippen molar-refractivity contribution in [1.82, 2.24) is 5.48 Å². The van der Waals surface area contributed by atoms with Crippen molar-refractivity contribution in [2.24, 2.45) is 0 Å². The van der Waals surface area contributed by atoms with E-state index < -0.39 is 0 Å². The van der Waals surface area contributed by atoms with Crippen molar-refractivity contribution in [1.29, 1.82) is 0 Å². The maximum Gasteiger partial charge on any atom is 0.179 e. The molecular weight excluding hydrogens is 242 g/mol. The monoisotopic (exact) mass is 259 g/mol. The summed E-state index contributed by atoms with van der Waals surface area (Å²) in [7, 11) is 4.77. The zero-order chi connectivity index (χ0) is 12.8. The summed E-state index contributed by atoms with van der Waals surface area (Å²) in [6.45, 7) is 2.63. The molecule has 1 rings (SSSR count). The maximum atomic E-state index is 6.15.